The number of amides is 1. The van der Waals surface area contributed by atoms with Gasteiger partial charge in [-0.1, -0.05) is 11.6 Å². The van der Waals surface area contributed by atoms with E-state index < -0.39 is 22.0 Å². The van der Waals surface area contributed by atoms with Crippen LogP contribution in [0.4, 0.5) is 0 Å². The first kappa shape index (κ1) is 13.0. The Morgan fingerprint density at radius 2 is 1.88 bits per heavy atom. The van der Waals surface area contributed by atoms with E-state index in [4.69, 9.17) is 16.7 Å². The Bertz CT molecular complexity index is 481. The zero-order chi connectivity index (χ0) is 12.3. The number of aliphatic hydroxyl groups excluding tert-OH is 1. The zero-order valence-electron chi connectivity index (χ0n) is 8.34. The van der Waals surface area contributed by atoms with Crippen LogP contribution >= 0.6 is 11.6 Å². The molecule has 16 heavy (non-hydrogen) atoms. The normalized spacial score (nSPS) is 13.2. The fraction of sp³-hybridized carbons (Fsp3) is 0.222. The van der Waals surface area contributed by atoms with E-state index in [1.165, 1.54) is 31.2 Å². The van der Waals surface area contributed by atoms with Crippen LogP contribution in [0, 0.1) is 0 Å². The maximum absolute atomic E-state index is 11.6. The second-order valence-electron chi connectivity index (χ2n) is 3.10. The van der Waals surface area contributed by atoms with Crippen molar-refractivity contribution < 1.29 is 18.3 Å². The molecule has 2 N–H and O–H groups in total. The quantitative estimate of drug-likeness (QED) is 0.833. The van der Waals surface area contributed by atoms with Crippen LogP contribution in [-0.2, 0) is 14.8 Å². The van der Waals surface area contributed by atoms with E-state index in [2.05, 4.69) is 0 Å². The van der Waals surface area contributed by atoms with Gasteiger partial charge in [0.25, 0.3) is 15.9 Å². The highest BCUT2D eigenvalue weighted by Crippen LogP contribution is 2.13. The number of nitrogens with one attached hydrogen (secondary N) is 1. The lowest BCUT2D eigenvalue weighted by molar-refractivity contribution is -0.126. The fourth-order valence-electron chi connectivity index (χ4n) is 0.890. The predicted octanol–water partition coefficient (Wildman–Crippen LogP) is 0.526. The predicted molar refractivity (Wildman–Crippen MR) is 58.5 cm³/mol. The Hall–Kier alpha value is -1.11. The van der Waals surface area contributed by atoms with E-state index in [0.29, 0.717) is 5.02 Å². The van der Waals surface area contributed by atoms with Gasteiger partial charge in [0, 0.05) is 5.02 Å². The lowest BCUT2D eigenvalue weighted by Crippen LogP contribution is -2.37. The van der Waals surface area contributed by atoms with Crippen LogP contribution in [0.3, 0.4) is 0 Å². The third kappa shape index (κ3) is 3.19. The van der Waals surface area contributed by atoms with Gasteiger partial charge in [0.2, 0.25) is 0 Å². The molecule has 0 heterocycles. The molecule has 1 aromatic rings. The Morgan fingerprint density at radius 3 is 2.31 bits per heavy atom. The highest BCUT2D eigenvalue weighted by Gasteiger charge is 2.19. The van der Waals surface area contributed by atoms with Crippen molar-refractivity contribution in [2.75, 3.05) is 0 Å². The Labute approximate surface area is 98.1 Å². The average molecular weight is 264 g/mol. The molecule has 0 unspecified atom stereocenters. The van der Waals surface area contributed by atoms with Gasteiger partial charge in [-0.2, -0.15) is 0 Å². The second kappa shape index (κ2) is 4.82. The maximum Gasteiger partial charge on any atom is 0.264 e. The molecule has 1 amide bonds. The highest BCUT2D eigenvalue weighted by atomic mass is 35.5. The van der Waals surface area contributed by atoms with Crippen molar-refractivity contribution in [2.45, 2.75) is 17.9 Å². The second-order valence-corrected chi connectivity index (χ2v) is 5.22. The first-order chi connectivity index (χ1) is 7.33. The van der Waals surface area contributed by atoms with Crippen LogP contribution in [0.2, 0.25) is 5.02 Å². The molecule has 0 aliphatic carbocycles. The number of hydrogen-bond donors (Lipinski definition) is 2. The molecule has 5 nitrogen and oxygen atoms in total. The number of sulfonamides is 1. The number of aliphatic hydroxyl groups is 1. The zero-order valence-corrected chi connectivity index (χ0v) is 9.92. The summed E-state index contributed by atoms with van der Waals surface area (Å²) in [5.74, 6) is -0.977. The summed E-state index contributed by atoms with van der Waals surface area (Å²) in [6.45, 7) is 1.17. The lowest BCUT2D eigenvalue weighted by Gasteiger charge is -2.08. The van der Waals surface area contributed by atoms with Crippen LogP contribution in [0.5, 0.6) is 0 Å². The minimum Gasteiger partial charge on any atom is -0.384 e. The molecule has 0 aromatic heterocycles. The minimum atomic E-state index is -3.94. The largest absolute Gasteiger partial charge is 0.384 e. The van der Waals surface area contributed by atoms with Gasteiger partial charge in [-0.3, -0.25) is 4.79 Å². The summed E-state index contributed by atoms with van der Waals surface area (Å²) in [5, 5.41) is 9.27. The third-order valence-electron chi connectivity index (χ3n) is 1.74. The van der Waals surface area contributed by atoms with E-state index in [9.17, 15) is 13.2 Å². The summed E-state index contributed by atoms with van der Waals surface area (Å²) in [4.78, 5) is 10.9. The molecule has 0 aliphatic rings. The molecular weight excluding hydrogens is 254 g/mol. The number of hydrogen-bond acceptors (Lipinski definition) is 4. The summed E-state index contributed by atoms with van der Waals surface area (Å²) in [7, 11) is -3.94. The summed E-state index contributed by atoms with van der Waals surface area (Å²) >= 11 is 5.60. The van der Waals surface area contributed by atoms with Crippen molar-refractivity contribution in [3.63, 3.8) is 0 Å². The van der Waals surface area contributed by atoms with Crippen LogP contribution < -0.4 is 4.72 Å². The van der Waals surface area contributed by atoms with Crippen LogP contribution in [0.15, 0.2) is 29.2 Å². The van der Waals surface area contributed by atoms with E-state index in [1.54, 1.807) is 4.72 Å². The Kier molecular flexibility index (Phi) is 3.90. The van der Waals surface area contributed by atoms with Gasteiger partial charge >= 0.3 is 0 Å². The fourth-order valence-corrected chi connectivity index (χ4v) is 2.06. The summed E-state index contributed by atoms with van der Waals surface area (Å²) in [6, 6.07) is 5.31. The molecule has 7 heteroatoms. The van der Waals surface area contributed by atoms with Gasteiger partial charge in [-0.05, 0) is 31.2 Å². The lowest BCUT2D eigenvalue weighted by atomic mass is 10.4. The average Bonchev–Trinajstić information content (AvgIpc) is 2.17. The molecule has 0 bridgehead atoms. The van der Waals surface area contributed by atoms with E-state index in [1.807, 2.05) is 0 Å². The Morgan fingerprint density at radius 1 is 1.38 bits per heavy atom. The van der Waals surface area contributed by atoms with Crippen molar-refractivity contribution in [3.8, 4) is 0 Å². The van der Waals surface area contributed by atoms with Crippen molar-refractivity contribution >= 4 is 27.5 Å². The van der Waals surface area contributed by atoms with Crippen LogP contribution in [-0.4, -0.2) is 25.5 Å². The topological polar surface area (TPSA) is 83.5 Å². The highest BCUT2D eigenvalue weighted by molar-refractivity contribution is 7.90. The molecule has 1 atom stereocenters. The first-order valence-corrected chi connectivity index (χ1v) is 6.19. The van der Waals surface area contributed by atoms with Gasteiger partial charge < -0.3 is 5.11 Å². The molecular formula is C9H10ClNO4S. The molecule has 1 rings (SSSR count). The van der Waals surface area contributed by atoms with Crippen molar-refractivity contribution in [1.82, 2.24) is 4.72 Å². The van der Waals surface area contributed by atoms with Crippen molar-refractivity contribution in [2.24, 2.45) is 0 Å². The van der Waals surface area contributed by atoms with Gasteiger partial charge in [0.1, 0.15) is 6.10 Å². The number of carbonyl (C=O) groups is 1. The van der Waals surface area contributed by atoms with Crippen molar-refractivity contribution in [3.05, 3.63) is 29.3 Å². The van der Waals surface area contributed by atoms with Gasteiger partial charge in [0.15, 0.2) is 0 Å². The molecule has 0 saturated heterocycles. The molecule has 0 radical (unpaired) electrons. The summed E-state index contributed by atoms with van der Waals surface area (Å²) in [6.07, 6.45) is -1.39. The standard InChI is InChI=1S/C9H10ClNO4S/c1-6(12)9(13)11-16(14,15)8-4-2-7(10)3-5-8/h2-6,12H,1H3,(H,11,13)/t6-/m1/s1. The van der Waals surface area contributed by atoms with Gasteiger partial charge in [-0.15, -0.1) is 0 Å². The van der Waals surface area contributed by atoms with Crippen LogP contribution in [0.1, 0.15) is 6.92 Å². The smallest absolute Gasteiger partial charge is 0.264 e. The molecule has 0 fully saturated rings. The SMILES string of the molecule is C[C@@H](O)C(=O)NS(=O)(=O)c1ccc(Cl)cc1. The molecule has 88 valence electrons. The number of halogens is 1. The molecule has 0 aliphatic heterocycles. The molecule has 0 saturated carbocycles. The summed E-state index contributed by atoms with van der Waals surface area (Å²) in [5.41, 5.74) is 0. The minimum absolute atomic E-state index is 0.0918. The van der Waals surface area contributed by atoms with Crippen LogP contribution in [0.25, 0.3) is 0 Å². The number of rotatable bonds is 3. The molecule has 0 spiro atoms. The first-order valence-electron chi connectivity index (χ1n) is 4.33. The van der Waals surface area contributed by atoms with E-state index >= 15 is 0 Å². The Balaban J connectivity index is 2.95. The third-order valence-corrected chi connectivity index (χ3v) is 3.35. The maximum atomic E-state index is 11.6. The van der Waals surface area contributed by atoms with Crippen molar-refractivity contribution in [1.29, 1.82) is 0 Å². The van der Waals surface area contributed by atoms with Gasteiger partial charge in [-0.25, -0.2) is 13.1 Å². The van der Waals surface area contributed by atoms with Gasteiger partial charge in [0.05, 0.1) is 4.90 Å². The van der Waals surface area contributed by atoms with E-state index in [0.717, 1.165) is 0 Å². The number of benzene rings is 1. The number of carbonyl (C=O) groups excluding carboxylic acids is 1. The van der Waals surface area contributed by atoms with E-state index in [-0.39, 0.29) is 4.90 Å². The monoisotopic (exact) mass is 263 g/mol. The molecule has 1 aromatic carbocycles. The summed E-state index contributed by atoms with van der Waals surface area (Å²) < 4.78 is 24.9.